The SMILES string of the molecule is CC(Cc1ccccc1)C(=O)N1CCn2nc(C(=O)NC3CC3)cc2C1. The average molecular weight is 352 g/mol. The summed E-state index contributed by atoms with van der Waals surface area (Å²) in [6.45, 7) is 3.77. The molecule has 4 rings (SSSR count). The van der Waals surface area contributed by atoms with Crippen LogP contribution in [0.5, 0.6) is 0 Å². The summed E-state index contributed by atoms with van der Waals surface area (Å²) < 4.78 is 1.85. The number of benzene rings is 1. The van der Waals surface area contributed by atoms with Crippen LogP contribution >= 0.6 is 0 Å². The first kappa shape index (κ1) is 16.8. The first-order valence-electron chi connectivity index (χ1n) is 9.30. The molecule has 1 saturated carbocycles. The molecule has 6 nitrogen and oxygen atoms in total. The largest absolute Gasteiger partial charge is 0.348 e. The number of hydrogen-bond acceptors (Lipinski definition) is 3. The number of nitrogens with one attached hydrogen (secondary N) is 1. The first-order valence-corrected chi connectivity index (χ1v) is 9.30. The zero-order valence-corrected chi connectivity index (χ0v) is 15.0. The number of rotatable bonds is 5. The summed E-state index contributed by atoms with van der Waals surface area (Å²) in [7, 11) is 0. The van der Waals surface area contributed by atoms with Crippen molar-refractivity contribution in [3.63, 3.8) is 0 Å². The van der Waals surface area contributed by atoms with Crippen LogP contribution in [0.15, 0.2) is 36.4 Å². The lowest BCUT2D eigenvalue weighted by Crippen LogP contribution is -2.41. The van der Waals surface area contributed by atoms with Gasteiger partial charge in [0.2, 0.25) is 5.91 Å². The molecular formula is C20H24N4O2. The summed E-state index contributed by atoms with van der Waals surface area (Å²) in [6.07, 6.45) is 2.85. The number of amides is 2. The van der Waals surface area contributed by atoms with E-state index in [9.17, 15) is 9.59 Å². The van der Waals surface area contributed by atoms with E-state index in [1.165, 1.54) is 5.56 Å². The average Bonchev–Trinajstić information content (AvgIpc) is 3.36. The molecular weight excluding hydrogens is 328 g/mol. The molecule has 0 saturated heterocycles. The molecule has 0 spiro atoms. The maximum absolute atomic E-state index is 12.8. The van der Waals surface area contributed by atoms with Gasteiger partial charge in [-0.1, -0.05) is 37.3 Å². The summed E-state index contributed by atoms with van der Waals surface area (Å²) >= 11 is 0. The van der Waals surface area contributed by atoms with Gasteiger partial charge in [0.15, 0.2) is 5.69 Å². The number of nitrogens with zero attached hydrogens (tertiary/aromatic N) is 3. The third-order valence-corrected chi connectivity index (χ3v) is 5.06. The van der Waals surface area contributed by atoms with Crippen LogP contribution in [-0.4, -0.2) is 39.1 Å². The van der Waals surface area contributed by atoms with Gasteiger partial charge in [-0.25, -0.2) is 0 Å². The Balaban J connectivity index is 1.40. The number of carbonyl (C=O) groups excluding carboxylic acids is 2. The first-order chi connectivity index (χ1) is 12.6. The fourth-order valence-corrected chi connectivity index (χ4v) is 3.42. The van der Waals surface area contributed by atoms with Crippen LogP contribution in [-0.2, 0) is 24.3 Å². The van der Waals surface area contributed by atoms with Crippen LogP contribution in [0.25, 0.3) is 0 Å². The molecule has 136 valence electrons. The molecule has 2 aromatic rings. The van der Waals surface area contributed by atoms with E-state index in [4.69, 9.17) is 0 Å². The Hall–Kier alpha value is -2.63. The van der Waals surface area contributed by atoms with Crippen molar-refractivity contribution in [2.24, 2.45) is 5.92 Å². The summed E-state index contributed by atoms with van der Waals surface area (Å²) in [4.78, 5) is 26.9. The Morgan fingerprint density at radius 3 is 2.73 bits per heavy atom. The van der Waals surface area contributed by atoms with Gasteiger partial charge in [-0.05, 0) is 30.9 Å². The fourth-order valence-electron chi connectivity index (χ4n) is 3.42. The third-order valence-electron chi connectivity index (χ3n) is 5.06. The van der Waals surface area contributed by atoms with Crippen LogP contribution in [0.3, 0.4) is 0 Å². The van der Waals surface area contributed by atoms with Crippen molar-refractivity contribution in [2.45, 2.75) is 45.3 Å². The highest BCUT2D eigenvalue weighted by Gasteiger charge is 2.28. The maximum atomic E-state index is 12.8. The van der Waals surface area contributed by atoms with Crippen LogP contribution in [0.1, 0.15) is 41.5 Å². The molecule has 2 amide bonds. The zero-order chi connectivity index (χ0) is 18.1. The molecule has 1 aliphatic heterocycles. The summed E-state index contributed by atoms with van der Waals surface area (Å²) in [5.41, 5.74) is 2.56. The van der Waals surface area contributed by atoms with E-state index in [1.807, 2.05) is 40.8 Å². The van der Waals surface area contributed by atoms with Gasteiger partial charge in [0.1, 0.15) is 0 Å². The van der Waals surface area contributed by atoms with Crippen LogP contribution in [0.2, 0.25) is 0 Å². The van der Waals surface area contributed by atoms with Gasteiger partial charge in [0, 0.05) is 18.5 Å². The van der Waals surface area contributed by atoms with Crippen molar-refractivity contribution < 1.29 is 9.59 Å². The minimum absolute atomic E-state index is 0.0653. The Morgan fingerprint density at radius 1 is 1.23 bits per heavy atom. The molecule has 1 N–H and O–H groups in total. The van der Waals surface area contributed by atoms with E-state index < -0.39 is 0 Å². The van der Waals surface area contributed by atoms with Crippen molar-refractivity contribution in [3.05, 3.63) is 53.3 Å². The molecule has 1 atom stereocenters. The van der Waals surface area contributed by atoms with Crippen molar-refractivity contribution in [3.8, 4) is 0 Å². The van der Waals surface area contributed by atoms with Gasteiger partial charge in [-0.15, -0.1) is 0 Å². The Kier molecular flexibility index (Phi) is 4.49. The Bertz CT molecular complexity index is 810. The van der Waals surface area contributed by atoms with Gasteiger partial charge < -0.3 is 10.2 Å². The molecule has 1 unspecified atom stereocenters. The van der Waals surface area contributed by atoms with Gasteiger partial charge >= 0.3 is 0 Å². The van der Waals surface area contributed by atoms with E-state index in [1.54, 1.807) is 0 Å². The van der Waals surface area contributed by atoms with Gasteiger partial charge in [0.05, 0.1) is 18.8 Å². The second-order valence-electron chi connectivity index (χ2n) is 7.34. The van der Waals surface area contributed by atoms with Crippen molar-refractivity contribution in [1.29, 1.82) is 0 Å². The molecule has 0 radical (unpaired) electrons. The van der Waals surface area contributed by atoms with E-state index in [0.717, 1.165) is 25.0 Å². The lowest BCUT2D eigenvalue weighted by molar-refractivity contribution is -0.136. The lowest BCUT2D eigenvalue weighted by Gasteiger charge is -2.30. The molecule has 2 aliphatic rings. The smallest absolute Gasteiger partial charge is 0.272 e. The number of hydrogen-bond donors (Lipinski definition) is 1. The predicted molar refractivity (Wildman–Crippen MR) is 97.4 cm³/mol. The number of carbonyl (C=O) groups is 2. The summed E-state index contributed by atoms with van der Waals surface area (Å²) in [5.74, 6) is -0.0143. The summed E-state index contributed by atoms with van der Waals surface area (Å²) in [5, 5.41) is 7.37. The van der Waals surface area contributed by atoms with E-state index >= 15 is 0 Å². The monoisotopic (exact) mass is 352 g/mol. The Morgan fingerprint density at radius 2 is 2.00 bits per heavy atom. The van der Waals surface area contributed by atoms with Crippen LogP contribution in [0.4, 0.5) is 0 Å². The Labute approximate surface area is 153 Å². The fraction of sp³-hybridized carbons (Fsp3) is 0.450. The minimum atomic E-state index is -0.107. The van der Waals surface area contributed by atoms with Crippen molar-refractivity contribution in [2.75, 3.05) is 6.54 Å². The highest BCUT2D eigenvalue weighted by molar-refractivity contribution is 5.92. The maximum Gasteiger partial charge on any atom is 0.272 e. The molecule has 26 heavy (non-hydrogen) atoms. The van der Waals surface area contributed by atoms with E-state index in [2.05, 4.69) is 22.5 Å². The molecule has 2 heterocycles. The van der Waals surface area contributed by atoms with E-state index in [0.29, 0.717) is 31.4 Å². The van der Waals surface area contributed by atoms with Gasteiger partial charge in [-0.3, -0.25) is 14.3 Å². The second-order valence-corrected chi connectivity index (χ2v) is 7.34. The molecule has 0 bridgehead atoms. The number of fused-ring (bicyclic) bond motifs is 1. The second kappa shape index (κ2) is 6.94. The normalized spacial score (nSPS) is 17.5. The summed E-state index contributed by atoms with van der Waals surface area (Å²) in [6, 6.07) is 12.2. The molecule has 1 aromatic heterocycles. The van der Waals surface area contributed by atoms with Crippen LogP contribution < -0.4 is 5.32 Å². The standard InChI is InChI=1S/C20H24N4O2/c1-14(11-15-5-3-2-4-6-15)20(26)23-9-10-24-17(13-23)12-18(22-24)19(25)21-16-7-8-16/h2-6,12,14,16H,7-11,13H2,1H3,(H,21,25). The predicted octanol–water partition coefficient (Wildman–Crippen LogP) is 2.00. The molecule has 6 heteroatoms. The van der Waals surface area contributed by atoms with Gasteiger partial charge in [0.25, 0.3) is 5.91 Å². The number of aromatic nitrogens is 2. The molecule has 1 aliphatic carbocycles. The lowest BCUT2D eigenvalue weighted by atomic mass is 9.99. The topological polar surface area (TPSA) is 67.2 Å². The van der Waals surface area contributed by atoms with E-state index in [-0.39, 0.29) is 17.7 Å². The zero-order valence-electron chi connectivity index (χ0n) is 15.0. The highest BCUT2D eigenvalue weighted by atomic mass is 16.2. The van der Waals surface area contributed by atoms with Gasteiger partial charge in [-0.2, -0.15) is 5.10 Å². The molecule has 1 fully saturated rings. The van der Waals surface area contributed by atoms with Crippen molar-refractivity contribution >= 4 is 11.8 Å². The minimum Gasteiger partial charge on any atom is -0.348 e. The third kappa shape index (κ3) is 3.64. The quantitative estimate of drug-likeness (QED) is 0.895. The highest BCUT2D eigenvalue weighted by Crippen LogP contribution is 2.21. The van der Waals surface area contributed by atoms with Crippen molar-refractivity contribution in [1.82, 2.24) is 20.0 Å². The van der Waals surface area contributed by atoms with Crippen LogP contribution in [0, 0.1) is 5.92 Å². The molecule has 1 aromatic carbocycles.